The number of fused-ring (bicyclic) bond motifs is 1. The molecule has 0 aliphatic heterocycles. The van der Waals surface area contributed by atoms with E-state index in [4.69, 9.17) is 34.0 Å². The van der Waals surface area contributed by atoms with Gasteiger partial charge in [0.25, 0.3) is 5.91 Å². The van der Waals surface area contributed by atoms with Gasteiger partial charge in [-0.2, -0.15) is 5.10 Å². The maximum absolute atomic E-state index is 12.6. The summed E-state index contributed by atoms with van der Waals surface area (Å²) in [5.74, 6) is 0.660. The van der Waals surface area contributed by atoms with Crippen molar-refractivity contribution in [3.05, 3.63) is 51.9 Å². The minimum absolute atomic E-state index is 0.0949. The van der Waals surface area contributed by atoms with E-state index in [1.165, 1.54) is 0 Å². The van der Waals surface area contributed by atoms with Crippen LogP contribution in [0.5, 0.6) is 0 Å². The van der Waals surface area contributed by atoms with Crippen molar-refractivity contribution < 1.29 is 9.21 Å². The lowest BCUT2D eigenvalue weighted by Gasteiger charge is -2.13. The highest BCUT2D eigenvalue weighted by atomic mass is 35.5. The normalized spacial score (nSPS) is 14.9. The first-order valence-corrected chi connectivity index (χ1v) is 8.56. The summed E-state index contributed by atoms with van der Waals surface area (Å²) in [6.07, 6.45) is 2.39. The second kappa shape index (κ2) is 7.25. The topological polar surface area (TPSA) is 92.6 Å². The molecule has 8 heteroatoms. The Morgan fingerprint density at radius 3 is 2.84 bits per heavy atom. The van der Waals surface area contributed by atoms with E-state index in [1.54, 1.807) is 24.3 Å². The Kier molecular flexibility index (Phi) is 5.06. The van der Waals surface area contributed by atoms with Gasteiger partial charge in [0.1, 0.15) is 5.76 Å². The van der Waals surface area contributed by atoms with Crippen LogP contribution in [0.3, 0.4) is 0 Å². The van der Waals surface area contributed by atoms with Crippen LogP contribution >= 0.6 is 23.8 Å². The molecule has 0 bridgehead atoms. The van der Waals surface area contributed by atoms with Crippen LogP contribution in [-0.4, -0.2) is 16.7 Å². The number of nitrogens with two attached hydrogens (primary N) is 1. The molecule has 0 radical (unpaired) electrons. The SMILES string of the molecule is Cc1c(C(=O)Nc2ccccc2Cl)oc2c1/C(=N/NC(N)=S)CCC2. The number of amides is 1. The monoisotopic (exact) mass is 376 g/mol. The van der Waals surface area contributed by atoms with Crippen molar-refractivity contribution in [2.75, 3.05) is 5.32 Å². The van der Waals surface area contributed by atoms with Crippen LogP contribution in [-0.2, 0) is 6.42 Å². The number of rotatable bonds is 3. The smallest absolute Gasteiger partial charge is 0.291 e. The summed E-state index contributed by atoms with van der Waals surface area (Å²) < 4.78 is 5.82. The van der Waals surface area contributed by atoms with Crippen molar-refractivity contribution in [1.29, 1.82) is 0 Å². The fourth-order valence-electron chi connectivity index (χ4n) is 2.86. The molecule has 1 heterocycles. The van der Waals surface area contributed by atoms with Crippen LogP contribution < -0.4 is 16.5 Å². The zero-order valence-electron chi connectivity index (χ0n) is 13.6. The number of anilines is 1. The highest BCUT2D eigenvalue weighted by Gasteiger charge is 2.28. The Morgan fingerprint density at radius 1 is 1.36 bits per heavy atom. The van der Waals surface area contributed by atoms with E-state index < -0.39 is 0 Å². The quantitative estimate of drug-likeness (QED) is 0.564. The number of hydrogen-bond donors (Lipinski definition) is 3. The molecule has 4 N–H and O–H groups in total. The molecule has 3 rings (SSSR count). The molecule has 1 aliphatic rings. The first-order chi connectivity index (χ1) is 12.0. The molecule has 0 atom stereocenters. The first-order valence-electron chi connectivity index (χ1n) is 7.78. The molecule has 0 spiro atoms. The number of carbonyl (C=O) groups excluding carboxylic acids is 1. The summed E-state index contributed by atoms with van der Waals surface area (Å²) >= 11 is 10.9. The maximum atomic E-state index is 12.6. The van der Waals surface area contributed by atoms with Crippen LogP contribution in [0.4, 0.5) is 5.69 Å². The molecule has 25 heavy (non-hydrogen) atoms. The van der Waals surface area contributed by atoms with E-state index in [2.05, 4.69) is 15.8 Å². The van der Waals surface area contributed by atoms with Gasteiger partial charge in [-0.3, -0.25) is 10.2 Å². The van der Waals surface area contributed by atoms with Crippen molar-refractivity contribution in [3.63, 3.8) is 0 Å². The Labute approximate surface area is 155 Å². The van der Waals surface area contributed by atoms with E-state index in [0.29, 0.717) is 10.7 Å². The lowest BCUT2D eigenvalue weighted by atomic mass is 9.93. The van der Waals surface area contributed by atoms with Gasteiger partial charge < -0.3 is 15.5 Å². The summed E-state index contributed by atoms with van der Waals surface area (Å²) in [5.41, 5.74) is 10.9. The van der Waals surface area contributed by atoms with Gasteiger partial charge >= 0.3 is 0 Å². The number of para-hydroxylation sites is 1. The van der Waals surface area contributed by atoms with E-state index >= 15 is 0 Å². The molecular formula is C17H17ClN4O2S. The maximum Gasteiger partial charge on any atom is 0.291 e. The molecule has 2 aromatic rings. The van der Waals surface area contributed by atoms with E-state index in [0.717, 1.165) is 41.9 Å². The number of nitrogens with one attached hydrogen (secondary N) is 2. The van der Waals surface area contributed by atoms with Gasteiger partial charge in [-0.05, 0) is 44.1 Å². The van der Waals surface area contributed by atoms with Crippen molar-refractivity contribution in [1.82, 2.24) is 5.43 Å². The van der Waals surface area contributed by atoms with Crippen LogP contribution in [0, 0.1) is 6.92 Å². The molecular weight excluding hydrogens is 360 g/mol. The molecule has 0 unspecified atom stereocenters. The summed E-state index contributed by atoms with van der Waals surface area (Å²) in [5, 5.41) is 7.58. The van der Waals surface area contributed by atoms with Gasteiger partial charge in [-0.15, -0.1) is 0 Å². The third kappa shape index (κ3) is 3.67. The number of furan rings is 1. The van der Waals surface area contributed by atoms with Crippen molar-refractivity contribution in [2.45, 2.75) is 26.2 Å². The Bertz CT molecular complexity index is 876. The minimum atomic E-state index is -0.346. The zero-order valence-corrected chi connectivity index (χ0v) is 15.1. The summed E-state index contributed by atoms with van der Waals surface area (Å²) in [7, 11) is 0. The second-order valence-electron chi connectivity index (χ2n) is 5.68. The third-order valence-corrected chi connectivity index (χ3v) is 4.38. The second-order valence-corrected chi connectivity index (χ2v) is 6.52. The predicted molar refractivity (Wildman–Crippen MR) is 102 cm³/mol. The van der Waals surface area contributed by atoms with Crippen LogP contribution in [0.25, 0.3) is 0 Å². The molecule has 6 nitrogen and oxygen atoms in total. The number of thiocarbonyl (C=S) groups is 1. The lowest BCUT2D eigenvalue weighted by Crippen LogP contribution is -2.26. The third-order valence-electron chi connectivity index (χ3n) is 3.96. The van der Waals surface area contributed by atoms with Gasteiger partial charge in [-0.25, -0.2) is 0 Å². The molecule has 1 aromatic heterocycles. The van der Waals surface area contributed by atoms with Crippen molar-refractivity contribution in [3.8, 4) is 0 Å². The number of aryl methyl sites for hydroxylation is 1. The highest BCUT2D eigenvalue weighted by molar-refractivity contribution is 7.80. The zero-order chi connectivity index (χ0) is 18.0. The fourth-order valence-corrected chi connectivity index (χ4v) is 3.09. The Hall–Kier alpha value is -2.38. The molecule has 130 valence electrons. The van der Waals surface area contributed by atoms with E-state index in [9.17, 15) is 4.79 Å². The molecule has 1 aromatic carbocycles. The molecule has 0 saturated heterocycles. The van der Waals surface area contributed by atoms with Crippen LogP contribution in [0.1, 0.15) is 40.3 Å². The average molecular weight is 377 g/mol. The fraction of sp³-hybridized carbons (Fsp3) is 0.235. The highest BCUT2D eigenvalue weighted by Crippen LogP contribution is 2.31. The summed E-state index contributed by atoms with van der Waals surface area (Å²) in [6.45, 7) is 1.84. The largest absolute Gasteiger partial charge is 0.455 e. The van der Waals surface area contributed by atoms with E-state index in [-0.39, 0.29) is 16.8 Å². The average Bonchev–Trinajstić information content (AvgIpc) is 2.93. The molecule has 0 saturated carbocycles. The van der Waals surface area contributed by atoms with Gasteiger partial charge in [0.2, 0.25) is 0 Å². The molecule has 1 amide bonds. The van der Waals surface area contributed by atoms with Crippen molar-refractivity contribution in [2.24, 2.45) is 10.8 Å². The van der Waals surface area contributed by atoms with Gasteiger partial charge in [-0.1, -0.05) is 23.7 Å². The summed E-state index contributed by atoms with van der Waals surface area (Å²) in [6, 6.07) is 7.04. The predicted octanol–water partition coefficient (Wildman–Crippen LogP) is 3.37. The molecule has 0 fully saturated rings. The Morgan fingerprint density at radius 2 is 2.12 bits per heavy atom. The standard InChI is InChI=1S/C17H17ClN4O2S/c1-9-14-12(21-22-17(19)25)7-4-8-13(14)24-15(9)16(23)20-11-6-3-2-5-10(11)18/h2-3,5-6H,4,7-8H2,1H3,(H,20,23)(H3,19,22,25)/b21-12+. The number of nitrogens with zero attached hydrogens (tertiary/aromatic N) is 1. The van der Waals surface area contributed by atoms with Gasteiger partial charge in [0, 0.05) is 17.5 Å². The number of benzene rings is 1. The van der Waals surface area contributed by atoms with Crippen LogP contribution in [0.2, 0.25) is 5.02 Å². The van der Waals surface area contributed by atoms with Gasteiger partial charge in [0.15, 0.2) is 10.9 Å². The number of hydrazone groups is 1. The molecule has 1 aliphatic carbocycles. The minimum Gasteiger partial charge on any atom is -0.455 e. The summed E-state index contributed by atoms with van der Waals surface area (Å²) in [4.78, 5) is 12.6. The number of halogens is 1. The van der Waals surface area contributed by atoms with Gasteiger partial charge in [0.05, 0.1) is 16.4 Å². The Balaban J connectivity index is 1.92. The van der Waals surface area contributed by atoms with Crippen molar-refractivity contribution >= 4 is 46.2 Å². The number of carbonyl (C=O) groups is 1. The first kappa shape index (κ1) is 17.4. The van der Waals surface area contributed by atoms with E-state index in [1.807, 2.05) is 6.92 Å². The lowest BCUT2D eigenvalue weighted by molar-refractivity contribution is 0.0994. The van der Waals surface area contributed by atoms with Crippen LogP contribution in [0.15, 0.2) is 33.8 Å². The number of hydrogen-bond acceptors (Lipinski definition) is 4.